The van der Waals surface area contributed by atoms with Crippen LogP contribution in [-0.2, 0) is 19.4 Å². The quantitative estimate of drug-likeness (QED) is 0.754. The Bertz CT molecular complexity index is 289. The summed E-state index contributed by atoms with van der Waals surface area (Å²) in [5.74, 6) is 0. The van der Waals surface area contributed by atoms with E-state index in [0.29, 0.717) is 0 Å². The van der Waals surface area contributed by atoms with Crippen molar-refractivity contribution in [3.8, 4) is 0 Å². The van der Waals surface area contributed by atoms with Crippen LogP contribution >= 0.6 is 0 Å². The third kappa shape index (κ3) is 2.10. The van der Waals surface area contributed by atoms with Crippen LogP contribution in [0.2, 0.25) is 0 Å². The highest BCUT2D eigenvalue weighted by molar-refractivity contribution is 5.38. The lowest BCUT2D eigenvalue weighted by molar-refractivity contribution is 0.280. The monoisotopic (exact) mass is 178 g/mol. The van der Waals surface area contributed by atoms with Gasteiger partial charge in [-0.05, 0) is 42.0 Å². The van der Waals surface area contributed by atoms with Crippen molar-refractivity contribution in [2.75, 3.05) is 0 Å². The summed E-state index contributed by atoms with van der Waals surface area (Å²) >= 11 is 0. The summed E-state index contributed by atoms with van der Waals surface area (Å²) in [5.41, 5.74) is 5.03. The van der Waals surface area contributed by atoms with Gasteiger partial charge in [0.15, 0.2) is 0 Å². The van der Waals surface area contributed by atoms with Gasteiger partial charge >= 0.3 is 0 Å². The molecule has 0 saturated heterocycles. The van der Waals surface area contributed by atoms with Gasteiger partial charge in [0, 0.05) is 0 Å². The van der Waals surface area contributed by atoms with Gasteiger partial charge in [-0.3, -0.25) is 0 Å². The molecule has 13 heavy (non-hydrogen) atoms. The van der Waals surface area contributed by atoms with E-state index in [2.05, 4.69) is 32.9 Å². The van der Waals surface area contributed by atoms with Crippen LogP contribution in [0.25, 0.3) is 0 Å². The Morgan fingerprint density at radius 2 is 1.85 bits per heavy atom. The maximum Gasteiger partial charge on any atom is 0.0684 e. The third-order valence-corrected chi connectivity index (χ3v) is 2.56. The van der Waals surface area contributed by atoms with E-state index in [1.165, 1.54) is 16.7 Å². The smallest absolute Gasteiger partial charge is 0.0684 e. The summed E-state index contributed by atoms with van der Waals surface area (Å²) < 4.78 is 0. The maximum atomic E-state index is 9.19. The minimum atomic E-state index is 0.165. The van der Waals surface area contributed by atoms with Crippen molar-refractivity contribution in [2.45, 2.75) is 40.2 Å². The fourth-order valence-corrected chi connectivity index (χ4v) is 1.82. The van der Waals surface area contributed by atoms with Crippen LogP contribution in [0.1, 0.15) is 36.1 Å². The average molecular weight is 178 g/mol. The fraction of sp³-hybridized carbons (Fsp3) is 0.500. The van der Waals surface area contributed by atoms with Gasteiger partial charge in [0.25, 0.3) is 0 Å². The predicted octanol–water partition coefficient (Wildman–Crippen LogP) is 2.61. The Labute approximate surface area is 80.4 Å². The van der Waals surface area contributed by atoms with Gasteiger partial charge in [-0.25, -0.2) is 0 Å². The van der Waals surface area contributed by atoms with Crippen LogP contribution in [0.5, 0.6) is 0 Å². The Hall–Kier alpha value is -0.820. The molecule has 1 nitrogen and oxygen atoms in total. The molecule has 0 bridgehead atoms. The molecule has 0 fully saturated rings. The van der Waals surface area contributed by atoms with Crippen LogP contribution in [-0.4, -0.2) is 5.11 Å². The lowest BCUT2D eigenvalue weighted by atomic mass is 9.96. The standard InChI is InChI=1S/C12H18O/c1-4-10-6-9(3)12(5-2)11(7-10)8-13/h6-7,13H,4-5,8H2,1-3H3. The van der Waals surface area contributed by atoms with Gasteiger partial charge < -0.3 is 5.11 Å². The molecule has 0 atom stereocenters. The molecule has 1 heteroatoms. The molecule has 72 valence electrons. The molecule has 0 radical (unpaired) electrons. The molecule has 1 aromatic carbocycles. The second-order valence-corrected chi connectivity index (χ2v) is 3.42. The topological polar surface area (TPSA) is 20.2 Å². The Morgan fingerprint density at radius 1 is 1.15 bits per heavy atom. The lowest BCUT2D eigenvalue weighted by Gasteiger charge is -2.11. The normalized spacial score (nSPS) is 10.5. The van der Waals surface area contributed by atoms with Gasteiger partial charge in [-0.1, -0.05) is 26.0 Å². The van der Waals surface area contributed by atoms with E-state index in [1.54, 1.807) is 0 Å². The van der Waals surface area contributed by atoms with Crippen molar-refractivity contribution >= 4 is 0 Å². The molecule has 0 amide bonds. The Morgan fingerprint density at radius 3 is 2.31 bits per heavy atom. The van der Waals surface area contributed by atoms with E-state index in [-0.39, 0.29) is 6.61 Å². The summed E-state index contributed by atoms with van der Waals surface area (Å²) in [6, 6.07) is 4.34. The minimum absolute atomic E-state index is 0.165. The van der Waals surface area contributed by atoms with Crippen molar-refractivity contribution in [1.82, 2.24) is 0 Å². The minimum Gasteiger partial charge on any atom is -0.392 e. The van der Waals surface area contributed by atoms with E-state index in [1.807, 2.05) is 0 Å². The van der Waals surface area contributed by atoms with Crippen molar-refractivity contribution in [2.24, 2.45) is 0 Å². The highest BCUT2D eigenvalue weighted by Crippen LogP contribution is 2.18. The second kappa shape index (κ2) is 4.43. The first-order chi connectivity index (χ1) is 6.22. The molecule has 0 aliphatic carbocycles. The first kappa shape index (κ1) is 10.3. The summed E-state index contributed by atoms with van der Waals surface area (Å²) in [4.78, 5) is 0. The first-order valence-corrected chi connectivity index (χ1v) is 4.95. The van der Waals surface area contributed by atoms with E-state index < -0.39 is 0 Å². The molecule has 0 unspecified atom stereocenters. The van der Waals surface area contributed by atoms with E-state index in [0.717, 1.165) is 18.4 Å². The molecule has 1 N–H and O–H groups in total. The number of aliphatic hydroxyl groups is 1. The molecule has 1 aromatic rings. The van der Waals surface area contributed by atoms with E-state index in [9.17, 15) is 5.11 Å². The average Bonchev–Trinajstić information content (AvgIpc) is 2.16. The molecular weight excluding hydrogens is 160 g/mol. The van der Waals surface area contributed by atoms with Gasteiger partial charge in [0.2, 0.25) is 0 Å². The van der Waals surface area contributed by atoms with Gasteiger partial charge in [-0.2, -0.15) is 0 Å². The zero-order chi connectivity index (χ0) is 9.84. The number of benzene rings is 1. The predicted molar refractivity (Wildman–Crippen MR) is 55.9 cm³/mol. The van der Waals surface area contributed by atoms with Crippen LogP contribution < -0.4 is 0 Å². The summed E-state index contributed by atoms with van der Waals surface area (Å²) in [6.07, 6.45) is 2.05. The lowest BCUT2D eigenvalue weighted by Crippen LogP contribution is -1.98. The molecule has 0 saturated carbocycles. The molecule has 0 aromatic heterocycles. The van der Waals surface area contributed by atoms with E-state index in [4.69, 9.17) is 0 Å². The number of hydrogen-bond donors (Lipinski definition) is 1. The number of hydrogen-bond acceptors (Lipinski definition) is 1. The van der Waals surface area contributed by atoms with Crippen molar-refractivity contribution in [3.63, 3.8) is 0 Å². The molecule has 1 rings (SSSR count). The molecule has 0 aliphatic rings. The molecular formula is C12H18O. The molecule has 0 heterocycles. The first-order valence-electron chi connectivity index (χ1n) is 4.95. The van der Waals surface area contributed by atoms with Crippen molar-refractivity contribution in [3.05, 3.63) is 34.4 Å². The van der Waals surface area contributed by atoms with Crippen LogP contribution in [0, 0.1) is 6.92 Å². The summed E-state index contributed by atoms with van der Waals surface area (Å²) in [5, 5.41) is 9.19. The third-order valence-electron chi connectivity index (χ3n) is 2.56. The Kier molecular flexibility index (Phi) is 3.49. The number of aliphatic hydroxyl groups excluding tert-OH is 1. The number of rotatable bonds is 3. The van der Waals surface area contributed by atoms with Crippen molar-refractivity contribution in [1.29, 1.82) is 0 Å². The SMILES string of the molecule is CCc1cc(C)c(CC)c(CO)c1. The van der Waals surface area contributed by atoms with Crippen LogP contribution in [0.3, 0.4) is 0 Å². The number of aryl methyl sites for hydroxylation is 2. The summed E-state index contributed by atoms with van der Waals surface area (Å²) in [6.45, 7) is 6.56. The van der Waals surface area contributed by atoms with Crippen molar-refractivity contribution < 1.29 is 5.11 Å². The maximum absolute atomic E-state index is 9.19. The van der Waals surface area contributed by atoms with Crippen LogP contribution in [0.4, 0.5) is 0 Å². The molecule has 0 aliphatic heterocycles. The zero-order valence-corrected chi connectivity index (χ0v) is 8.72. The van der Waals surface area contributed by atoms with Gasteiger partial charge in [0.1, 0.15) is 0 Å². The zero-order valence-electron chi connectivity index (χ0n) is 8.72. The van der Waals surface area contributed by atoms with E-state index >= 15 is 0 Å². The highest BCUT2D eigenvalue weighted by Gasteiger charge is 2.04. The highest BCUT2D eigenvalue weighted by atomic mass is 16.3. The van der Waals surface area contributed by atoms with Gasteiger partial charge in [0.05, 0.1) is 6.61 Å². The van der Waals surface area contributed by atoms with Crippen LogP contribution in [0.15, 0.2) is 12.1 Å². The molecule has 0 spiro atoms. The summed E-state index contributed by atoms with van der Waals surface area (Å²) in [7, 11) is 0. The largest absolute Gasteiger partial charge is 0.392 e. The van der Waals surface area contributed by atoms with Gasteiger partial charge in [-0.15, -0.1) is 0 Å². The Balaban J connectivity index is 3.20. The fourth-order valence-electron chi connectivity index (χ4n) is 1.82. The second-order valence-electron chi connectivity index (χ2n) is 3.42.